The topological polar surface area (TPSA) is 47.7 Å². The van der Waals surface area contributed by atoms with Gasteiger partial charge in [-0.15, -0.1) is 0 Å². The van der Waals surface area contributed by atoms with E-state index < -0.39 is 0 Å². The highest BCUT2D eigenvalue weighted by Gasteiger charge is 2.13. The van der Waals surface area contributed by atoms with Gasteiger partial charge in [-0.05, 0) is 50.2 Å². The van der Waals surface area contributed by atoms with Gasteiger partial charge in [-0.2, -0.15) is 10.2 Å². The summed E-state index contributed by atoms with van der Waals surface area (Å²) in [4.78, 5) is 0. The van der Waals surface area contributed by atoms with Crippen molar-refractivity contribution in [2.75, 3.05) is 0 Å². The molecule has 0 bridgehead atoms. The van der Waals surface area contributed by atoms with Gasteiger partial charge in [0.1, 0.15) is 5.82 Å². The van der Waals surface area contributed by atoms with E-state index in [2.05, 4.69) is 36.4 Å². The average molecular weight is 389 g/mol. The second kappa shape index (κ2) is 8.01. The molecule has 0 saturated carbocycles. The van der Waals surface area contributed by atoms with E-state index in [0.29, 0.717) is 6.54 Å². The van der Waals surface area contributed by atoms with E-state index in [1.807, 2.05) is 40.9 Å². The largest absolute Gasteiger partial charge is 0.308 e. The molecule has 4 aromatic rings. The summed E-state index contributed by atoms with van der Waals surface area (Å²) in [7, 11) is 1.94. The summed E-state index contributed by atoms with van der Waals surface area (Å²) in [6.45, 7) is 5.49. The molecule has 0 saturated heterocycles. The van der Waals surface area contributed by atoms with E-state index in [0.717, 1.165) is 34.7 Å². The van der Waals surface area contributed by atoms with Crippen LogP contribution in [0, 0.1) is 19.7 Å². The standard InChI is InChI=1S/C23H24FN5/c1-16-4-10-22(11-5-16)29-15-20(13-25-12-19-14-26-28(3)17(19)2)23(27-29)18-6-8-21(24)9-7-18/h4-11,14-15,25H,12-13H2,1-3H3. The molecule has 0 atom stereocenters. The van der Waals surface area contributed by atoms with Crippen molar-refractivity contribution < 1.29 is 4.39 Å². The normalized spacial score (nSPS) is 11.2. The molecule has 5 nitrogen and oxygen atoms in total. The first-order chi connectivity index (χ1) is 14.0. The van der Waals surface area contributed by atoms with Gasteiger partial charge in [0, 0.05) is 48.7 Å². The third-order valence-electron chi connectivity index (χ3n) is 5.17. The number of nitrogens with zero attached hydrogens (tertiary/aromatic N) is 4. The van der Waals surface area contributed by atoms with Gasteiger partial charge in [-0.3, -0.25) is 4.68 Å². The molecular weight excluding hydrogens is 365 g/mol. The molecule has 0 fully saturated rings. The quantitative estimate of drug-likeness (QED) is 0.534. The van der Waals surface area contributed by atoms with Crippen LogP contribution in [0.15, 0.2) is 60.9 Å². The molecule has 0 amide bonds. The molecule has 6 heteroatoms. The van der Waals surface area contributed by atoms with E-state index in [-0.39, 0.29) is 5.82 Å². The van der Waals surface area contributed by atoms with Gasteiger partial charge < -0.3 is 5.32 Å². The molecule has 29 heavy (non-hydrogen) atoms. The lowest BCUT2D eigenvalue weighted by Gasteiger charge is -2.05. The highest BCUT2D eigenvalue weighted by atomic mass is 19.1. The molecule has 0 spiro atoms. The van der Waals surface area contributed by atoms with Crippen LogP contribution in [0.4, 0.5) is 4.39 Å². The second-order valence-electron chi connectivity index (χ2n) is 7.27. The SMILES string of the molecule is Cc1ccc(-n2cc(CNCc3cnn(C)c3C)c(-c3ccc(F)cc3)n2)cc1. The molecule has 148 valence electrons. The van der Waals surface area contributed by atoms with Gasteiger partial charge in [0.25, 0.3) is 0 Å². The van der Waals surface area contributed by atoms with Crippen molar-refractivity contribution in [2.45, 2.75) is 26.9 Å². The fourth-order valence-electron chi connectivity index (χ4n) is 3.27. The van der Waals surface area contributed by atoms with E-state index in [1.54, 1.807) is 12.1 Å². The third-order valence-corrected chi connectivity index (χ3v) is 5.17. The highest BCUT2D eigenvalue weighted by molar-refractivity contribution is 5.63. The summed E-state index contributed by atoms with van der Waals surface area (Å²) in [5.41, 5.74) is 7.31. The number of benzene rings is 2. The van der Waals surface area contributed by atoms with E-state index in [9.17, 15) is 4.39 Å². The fourth-order valence-corrected chi connectivity index (χ4v) is 3.27. The van der Waals surface area contributed by atoms with Crippen LogP contribution in [0.2, 0.25) is 0 Å². The molecule has 1 N–H and O–H groups in total. The van der Waals surface area contributed by atoms with Crippen LogP contribution in [0.3, 0.4) is 0 Å². The zero-order chi connectivity index (χ0) is 20.4. The summed E-state index contributed by atoms with van der Waals surface area (Å²) in [5, 5.41) is 12.6. The minimum Gasteiger partial charge on any atom is -0.308 e. The van der Waals surface area contributed by atoms with Crippen molar-refractivity contribution >= 4 is 0 Å². The van der Waals surface area contributed by atoms with E-state index in [1.165, 1.54) is 23.3 Å². The van der Waals surface area contributed by atoms with Gasteiger partial charge >= 0.3 is 0 Å². The number of nitrogens with one attached hydrogen (secondary N) is 1. The van der Waals surface area contributed by atoms with Gasteiger partial charge in [0.15, 0.2) is 0 Å². The Kier molecular flexibility index (Phi) is 5.27. The summed E-state index contributed by atoms with van der Waals surface area (Å²) in [6.07, 6.45) is 3.92. The molecule has 0 radical (unpaired) electrons. The van der Waals surface area contributed by atoms with E-state index in [4.69, 9.17) is 5.10 Å². The molecule has 0 unspecified atom stereocenters. The van der Waals surface area contributed by atoms with E-state index >= 15 is 0 Å². The first-order valence-electron chi connectivity index (χ1n) is 9.61. The smallest absolute Gasteiger partial charge is 0.123 e. The highest BCUT2D eigenvalue weighted by Crippen LogP contribution is 2.24. The predicted octanol–water partition coefficient (Wildman–Crippen LogP) is 4.32. The van der Waals surface area contributed by atoms with Crippen molar-refractivity contribution in [1.82, 2.24) is 24.9 Å². The van der Waals surface area contributed by atoms with Gasteiger partial charge in [0.05, 0.1) is 17.6 Å². The lowest BCUT2D eigenvalue weighted by atomic mass is 10.1. The predicted molar refractivity (Wildman–Crippen MR) is 112 cm³/mol. The third kappa shape index (κ3) is 4.12. The van der Waals surface area contributed by atoms with Crippen molar-refractivity contribution in [3.8, 4) is 16.9 Å². The molecule has 2 aromatic heterocycles. The zero-order valence-electron chi connectivity index (χ0n) is 16.9. The van der Waals surface area contributed by atoms with Gasteiger partial charge in [0.2, 0.25) is 0 Å². The van der Waals surface area contributed by atoms with Crippen molar-refractivity contribution in [3.05, 3.63) is 89.1 Å². The van der Waals surface area contributed by atoms with Crippen LogP contribution in [0.25, 0.3) is 16.9 Å². The Hall–Kier alpha value is -3.25. The zero-order valence-corrected chi connectivity index (χ0v) is 16.9. The van der Waals surface area contributed by atoms with Crippen LogP contribution < -0.4 is 5.32 Å². The Morgan fingerprint density at radius 3 is 2.28 bits per heavy atom. The minimum atomic E-state index is -0.251. The van der Waals surface area contributed by atoms with Crippen LogP contribution in [-0.2, 0) is 20.1 Å². The van der Waals surface area contributed by atoms with Crippen molar-refractivity contribution in [3.63, 3.8) is 0 Å². The van der Waals surface area contributed by atoms with Crippen molar-refractivity contribution in [2.24, 2.45) is 7.05 Å². The first kappa shape index (κ1) is 19.1. The number of rotatable bonds is 6. The number of hydrogen-bond donors (Lipinski definition) is 1. The minimum absolute atomic E-state index is 0.251. The lowest BCUT2D eigenvalue weighted by molar-refractivity contribution is 0.628. The molecule has 0 aliphatic rings. The molecular formula is C23H24FN5. The maximum Gasteiger partial charge on any atom is 0.123 e. The molecule has 0 aliphatic heterocycles. The Morgan fingerprint density at radius 2 is 1.62 bits per heavy atom. The molecule has 0 aliphatic carbocycles. The Balaban J connectivity index is 1.62. The van der Waals surface area contributed by atoms with Crippen LogP contribution >= 0.6 is 0 Å². The van der Waals surface area contributed by atoms with Crippen LogP contribution in [-0.4, -0.2) is 19.6 Å². The Morgan fingerprint density at radius 1 is 0.931 bits per heavy atom. The fraction of sp³-hybridized carbons (Fsp3) is 0.217. The maximum atomic E-state index is 13.4. The second-order valence-corrected chi connectivity index (χ2v) is 7.27. The number of aromatic nitrogens is 4. The Bertz CT molecular complexity index is 1110. The molecule has 2 aromatic carbocycles. The van der Waals surface area contributed by atoms with Crippen molar-refractivity contribution in [1.29, 1.82) is 0 Å². The summed E-state index contributed by atoms with van der Waals surface area (Å²) in [6, 6.07) is 14.7. The van der Waals surface area contributed by atoms with Crippen LogP contribution in [0.1, 0.15) is 22.4 Å². The number of aryl methyl sites for hydroxylation is 2. The Labute approximate surface area is 169 Å². The van der Waals surface area contributed by atoms with Gasteiger partial charge in [-0.1, -0.05) is 17.7 Å². The number of halogens is 1. The monoisotopic (exact) mass is 389 g/mol. The summed E-state index contributed by atoms with van der Waals surface area (Å²) < 4.78 is 17.1. The lowest BCUT2D eigenvalue weighted by Crippen LogP contribution is -2.13. The van der Waals surface area contributed by atoms with Crippen LogP contribution in [0.5, 0.6) is 0 Å². The molecule has 2 heterocycles. The summed E-state index contributed by atoms with van der Waals surface area (Å²) >= 11 is 0. The first-order valence-corrected chi connectivity index (χ1v) is 9.61. The van der Waals surface area contributed by atoms with Gasteiger partial charge in [-0.25, -0.2) is 9.07 Å². The average Bonchev–Trinajstić information content (AvgIpc) is 3.28. The molecule has 4 rings (SSSR count). The number of hydrogen-bond acceptors (Lipinski definition) is 3. The summed E-state index contributed by atoms with van der Waals surface area (Å²) in [5.74, 6) is -0.251. The maximum absolute atomic E-state index is 13.4.